The number of fused-ring (bicyclic) bond motifs is 12. The van der Waals surface area contributed by atoms with E-state index < -0.39 is 5.41 Å². The highest BCUT2D eigenvalue weighted by Gasteiger charge is 2.50. The van der Waals surface area contributed by atoms with E-state index in [1.807, 2.05) is 47.4 Å². The van der Waals surface area contributed by atoms with E-state index in [4.69, 9.17) is 15.0 Å². The molecule has 0 atom stereocenters. The van der Waals surface area contributed by atoms with E-state index >= 15 is 0 Å². The molecule has 3 heterocycles. The van der Waals surface area contributed by atoms with Gasteiger partial charge in [-0.05, 0) is 68.8 Å². The normalized spacial score (nSPS) is 13.3. The summed E-state index contributed by atoms with van der Waals surface area (Å²) in [6.45, 7) is 0. The van der Waals surface area contributed by atoms with Gasteiger partial charge in [0.05, 0.1) is 5.41 Å². The number of thiophene rings is 1. The first kappa shape index (κ1) is 32.6. The molecule has 0 bridgehead atoms. The SMILES string of the molecule is c1ccc(-c2ccc(-c3nc(-c4ccccc4)nc(-c4cccc5sc6cc7c(cc6c45)C4(c5ccccc5S7)c5ccccc5-c5ccccc54)n3)cc2)cc1. The second-order valence-electron chi connectivity index (χ2n) is 14.7. The predicted octanol–water partition coefficient (Wildman–Crippen LogP) is 13.7. The van der Waals surface area contributed by atoms with E-state index in [1.165, 1.54) is 68.9 Å². The summed E-state index contributed by atoms with van der Waals surface area (Å²) in [5.74, 6) is 1.97. The molecule has 2 aromatic heterocycles. The van der Waals surface area contributed by atoms with Crippen LogP contribution in [0.4, 0.5) is 0 Å². The summed E-state index contributed by atoms with van der Waals surface area (Å²) in [5, 5.41) is 2.40. The molecular weight excluding hydrogens is 731 g/mol. The molecule has 1 spiro atoms. The molecule has 3 nitrogen and oxygen atoms in total. The van der Waals surface area contributed by atoms with Crippen LogP contribution < -0.4 is 0 Å². The zero-order valence-electron chi connectivity index (χ0n) is 30.6. The lowest BCUT2D eigenvalue weighted by Crippen LogP contribution is -2.31. The zero-order valence-corrected chi connectivity index (χ0v) is 32.2. The van der Waals surface area contributed by atoms with Crippen molar-refractivity contribution in [3.63, 3.8) is 0 Å². The van der Waals surface area contributed by atoms with E-state index in [0.717, 1.165) is 22.3 Å². The molecule has 0 fully saturated rings. The van der Waals surface area contributed by atoms with Gasteiger partial charge in [0.15, 0.2) is 17.5 Å². The van der Waals surface area contributed by atoms with E-state index in [9.17, 15) is 0 Å². The van der Waals surface area contributed by atoms with Crippen molar-refractivity contribution < 1.29 is 0 Å². The Balaban J connectivity index is 1.10. The maximum Gasteiger partial charge on any atom is 0.164 e. The van der Waals surface area contributed by atoms with Crippen molar-refractivity contribution in [1.82, 2.24) is 15.0 Å². The monoisotopic (exact) mass is 761 g/mol. The van der Waals surface area contributed by atoms with Crippen LogP contribution in [0.25, 0.3) is 76.6 Å². The van der Waals surface area contributed by atoms with Crippen molar-refractivity contribution in [1.29, 1.82) is 0 Å². The molecule has 1 aliphatic carbocycles. The molecule has 0 saturated carbocycles. The van der Waals surface area contributed by atoms with Crippen LogP contribution in [0, 0.1) is 0 Å². The molecule has 0 N–H and O–H groups in total. The van der Waals surface area contributed by atoms with Crippen molar-refractivity contribution in [2.24, 2.45) is 0 Å². The molecule has 266 valence electrons. The van der Waals surface area contributed by atoms with Gasteiger partial charge in [-0.1, -0.05) is 176 Å². The lowest BCUT2D eigenvalue weighted by atomic mass is 9.67. The smallest absolute Gasteiger partial charge is 0.164 e. The molecule has 0 unspecified atom stereocenters. The average molecular weight is 762 g/mol. The minimum absolute atomic E-state index is 0.450. The first-order chi connectivity index (χ1) is 28.2. The lowest BCUT2D eigenvalue weighted by molar-refractivity contribution is 0.724. The fraction of sp³-hybridized carbons (Fsp3) is 0.0192. The van der Waals surface area contributed by atoms with Gasteiger partial charge in [-0.3, -0.25) is 0 Å². The van der Waals surface area contributed by atoms with Crippen molar-refractivity contribution in [2.75, 3.05) is 0 Å². The van der Waals surface area contributed by atoms with E-state index in [-0.39, 0.29) is 0 Å². The zero-order chi connectivity index (χ0) is 37.5. The summed E-state index contributed by atoms with van der Waals surface area (Å²) in [6, 6.07) is 67.8. The van der Waals surface area contributed by atoms with Crippen LogP contribution in [-0.2, 0) is 5.41 Å². The summed E-state index contributed by atoms with van der Waals surface area (Å²) in [4.78, 5) is 18.2. The second kappa shape index (κ2) is 12.7. The number of hydrogen-bond acceptors (Lipinski definition) is 5. The molecule has 0 amide bonds. The number of rotatable bonds is 4. The minimum Gasteiger partial charge on any atom is -0.208 e. The van der Waals surface area contributed by atoms with E-state index in [0.29, 0.717) is 17.5 Å². The molecule has 0 radical (unpaired) electrons. The minimum atomic E-state index is -0.450. The molecule has 10 aromatic rings. The Labute approximate surface area is 338 Å². The van der Waals surface area contributed by atoms with Crippen LogP contribution in [-0.4, -0.2) is 15.0 Å². The third kappa shape index (κ3) is 4.89. The Kier molecular flexibility index (Phi) is 7.25. The molecule has 0 saturated heterocycles. The first-order valence-electron chi connectivity index (χ1n) is 19.2. The molecule has 12 rings (SSSR count). The summed E-state index contributed by atoms with van der Waals surface area (Å²) in [5.41, 5.74) is 12.7. The third-order valence-electron chi connectivity index (χ3n) is 11.6. The maximum absolute atomic E-state index is 5.26. The fourth-order valence-electron chi connectivity index (χ4n) is 9.15. The van der Waals surface area contributed by atoms with Gasteiger partial charge in [0.1, 0.15) is 0 Å². The summed E-state index contributed by atoms with van der Waals surface area (Å²) in [7, 11) is 0. The standard InChI is InChI=1S/C52H31N3S2/c1-3-14-32(15-4-1)33-26-28-35(29-27-33)50-53-49(34-16-5-2-6-17-34)54-51(55-50)38-20-13-25-45-48(38)39-30-43-47(31-46(39)57-45)56-44-24-12-11-23-42(44)52(43)40-21-9-7-18-36(40)37-19-8-10-22-41(37)52/h1-31H. The van der Waals surface area contributed by atoms with Gasteiger partial charge in [0.25, 0.3) is 0 Å². The maximum atomic E-state index is 5.26. The molecule has 57 heavy (non-hydrogen) atoms. The van der Waals surface area contributed by atoms with Crippen molar-refractivity contribution in [3.8, 4) is 56.4 Å². The predicted molar refractivity (Wildman–Crippen MR) is 236 cm³/mol. The highest BCUT2D eigenvalue weighted by Crippen LogP contribution is 2.63. The van der Waals surface area contributed by atoms with Gasteiger partial charge in [0, 0.05) is 46.7 Å². The van der Waals surface area contributed by atoms with Gasteiger partial charge in [0.2, 0.25) is 0 Å². The van der Waals surface area contributed by atoms with Gasteiger partial charge in [-0.25, -0.2) is 15.0 Å². The summed E-state index contributed by atoms with van der Waals surface area (Å²) in [6.07, 6.45) is 0. The number of nitrogens with zero attached hydrogens (tertiary/aromatic N) is 3. The molecule has 1 aliphatic heterocycles. The fourth-order valence-corrected chi connectivity index (χ4v) is 11.6. The van der Waals surface area contributed by atoms with Crippen LogP contribution in [0.15, 0.2) is 198 Å². The highest BCUT2D eigenvalue weighted by molar-refractivity contribution is 7.99. The van der Waals surface area contributed by atoms with Gasteiger partial charge < -0.3 is 0 Å². The van der Waals surface area contributed by atoms with Gasteiger partial charge >= 0.3 is 0 Å². The van der Waals surface area contributed by atoms with Crippen LogP contribution in [0.5, 0.6) is 0 Å². The van der Waals surface area contributed by atoms with Crippen LogP contribution in [0.1, 0.15) is 22.3 Å². The topological polar surface area (TPSA) is 38.7 Å². The number of benzene rings is 8. The Bertz CT molecular complexity index is 3160. The Morgan fingerprint density at radius 2 is 0.877 bits per heavy atom. The Morgan fingerprint density at radius 1 is 0.351 bits per heavy atom. The Hall–Kier alpha value is -6.66. The highest BCUT2D eigenvalue weighted by atomic mass is 32.2. The van der Waals surface area contributed by atoms with Crippen molar-refractivity contribution in [3.05, 3.63) is 210 Å². The van der Waals surface area contributed by atoms with E-state index in [1.54, 1.807) is 0 Å². The quantitative estimate of drug-likeness (QED) is 0.179. The Morgan fingerprint density at radius 3 is 1.58 bits per heavy atom. The van der Waals surface area contributed by atoms with Gasteiger partial charge in [-0.15, -0.1) is 11.3 Å². The second-order valence-corrected chi connectivity index (χ2v) is 16.8. The molecular formula is C52H31N3S2. The average Bonchev–Trinajstić information content (AvgIpc) is 3.80. The summed E-state index contributed by atoms with van der Waals surface area (Å²) < 4.78 is 2.47. The van der Waals surface area contributed by atoms with Crippen LogP contribution >= 0.6 is 23.1 Å². The van der Waals surface area contributed by atoms with Crippen LogP contribution in [0.3, 0.4) is 0 Å². The number of hydrogen-bond donors (Lipinski definition) is 0. The molecule has 8 aromatic carbocycles. The van der Waals surface area contributed by atoms with Gasteiger partial charge in [-0.2, -0.15) is 0 Å². The third-order valence-corrected chi connectivity index (χ3v) is 13.9. The lowest BCUT2D eigenvalue weighted by Gasteiger charge is -2.39. The molecule has 2 aliphatic rings. The largest absolute Gasteiger partial charge is 0.208 e. The van der Waals surface area contributed by atoms with Crippen molar-refractivity contribution in [2.45, 2.75) is 15.2 Å². The first-order valence-corrected chi connectivity index (χ1v) is 20.8. The summed E-state index contributed by atoms with van der Waals surface area (Å²) >= 11 is 3.73. The molecule has 5 heteroatoms. The number of aromatic nitrogens is 3. The van der Waals surface area contributed by atoms with E-state index in [2.05, 4.69) is 164 Å². The van der Waals surface area contributed by atoms with Crippen LogP contribution in [0.2, 0.25) is 0 Å². The van der Waals surface area contributed by atoms with Crippen molar-refractivity contribution >= 4 is 43.3 Å².